The summed E-state index contributed by atoms with van der Waals surface area (Å²) in [5.41, 5.74) is 2.54. The first-order valence-electron chi connectivity index (χ1n) is 8.86. The monoisotopic (exact) mass is 439 g/mol. The van der Waals surface area contributed by atoms with Crippen molar-refractivity contribution in [2.24, 2.45) is 0 Å². The van der Waals surface area contributed by atoms with E-state index in [9.17, 15) is 9.59 Å². The van der Waals surface area contributed by atoms with Crippen molar-refractivity contribution in [3.63, 3.8) is 0 Å². The van der Waals surface area contributed by atoms with E-state index < -0.39 is 0 Å². The minimum absolute atomic E-state index is 0.361. The van der Waals surface area contributed by atoms with Crippen molar-refractivity contribution in [3.05, 3.63) is 105 Å². The molecule has 6 heteroatoms. The van der Waals surface area contributed by atoms with Crippen molar-refractivity contribution in [1.82, 2.24) is 0 Å². The van der Waals surface area contributed by atoms with Crippen LogP contribution in [0.15, 0.2) is 83.8 Å². The summed E-state index contributed by atoms with van der Waals surface area (Å²) < 4.78 is 0. The third-order valence-electron chi connectivity index (χ3n) is 4.44. The summed E-state index contributed by atoms with van der Waals surface area (Å²) in [5.74, 6) is -0.168. The van der Waals surface area contributed by atoms with Crippen molar-refractivity contribution in [2.75, 3.05) is 4.90 Å². The summed E-state index contributed by atoms with van der Waals surface area (Å²) in [4.78, 5) is 28.2. The van der Waals surface area contributed by atoms with E-state index in [2.05, 4.69) is 0 Å². The van der Waals surface area contributed by atoms with Gasteiger partial charge in [-0.15, -0.1) is 11.8 Å². The Bertz CT molecular complexity index is 1090. The minimum Gasteiger partial charge on any atom is -0.268 e. The standard InChI is InChI=1S/C23H15Cl2NO2S/c24-17-11-18(25)13-19(12-17)26-22(27)20(16-9-5-2-6-10-16)21(23(26)28)29-14-15-7-3-1-4-8-15/h1-13H,14H2. The van der Waals surface area contributed by atoms with Gasteiger partial charge in [0.25, 0.3) is 11.8 Å². The van der Waals surface area contributed by atoms with Gasteiger partial charge in [-0.25, -0.2) is 4.90 Å². The molecule has 0 saturated carbocycles. The maximum atomic E-state index is 13.3. The van der Waals surface area contributed by atoms with E-state index in [1.165, 1.54) is 11.8 Å². The summed E-state index contributed by atoms with van der Waals surface area (Å²) in [5, 5.41) is 0.722. The van der Waals surface area contributed by atoms with Crippen LogP contribution in [0, 0.1) is 0 Å². The van der Waals surface area contributed by atoms with Crippen molar-refractivity contribution < 1.29 is 9.59 Å². The van der Waals surface area contributed by atoms with Crippen LogP contribution in [0.3, 0.4) is 0 Å². The molecular formula is C23H15Cl2NO2S. The Kier molecular flexibility index (Phi) is 5.76. The zero-order valence-corrected chi connectivity index (χ0v) is 17.5. The van der Waals surface area contributed by atoms with E-state index in [1.54, 1.807) is 18.2 Å². The molecule has 0 unspecified atom stereocenters. The molecule has 1 aliphatic heterocycles. The molecular weight excluding hydrogens is 425 g/mol. The minimum atomic E-state index is -0.380. The van der Waals surface area contributed by atoms with Crippen LogP contribution in [0.5, 0.6) is 0 Å². The molecule has 3 nitrogen and oxygen atoms in total. The maximum absolute atomic E-state index is 13.3. The highest BCUT2D eigenvalue weighted by atomic mass is 35.5. The molecule has 29 heavy (non-hydrogen) atoms. The van der Waals surface area contributed by atoms with E-state index in [4.69, 9.17) is 23.2 Å². The highest BCUT2D eigenvalue weighted by Crippen LogP contribution is 2.40. The first-order valence-corrected chi connectivity index (χ1v) is 10.6. The smallest absolute Gasteiger partial charge is 0.268 e. The van der Waals surface area contributed by atoms with Gasteiger partial charge in [0.05, 0.1) is 16.2 Å². The molecule has 0 saturated heterocycles. The van der Waals surface area contributed by atoms with E-state index in [-0.39, 0.29) is 11.8 Å². The number of amides is 2. The van der Waals surface area contributed by atoms with Crippen molar-refractivity contribution in [1.29, 1.82) is 0 Å². The second-order valence-electron chi connectivity index (χ2n) is 6.42. The molecule has 1 aliphatic rings. The fraction of sp³-hybridized carbons (Fsp3) is 0.0435. The van der Waals surface area contributed by atoms with Gasteiger partial charge in [-0.1, -0.05) is 83.9 Å². The van der Waals surface area contributed by atoms with E-state index in [1.807, 2.05) is 60.7 Å². The van der Waals surface area contributed by atoms with Crippen LogP contribution in [0.1, 0.15) is 11.1 Å². The quantitative estimate of drug-likeness (QED) is 0.443. The normalized spacial score (nSPS) is 14.1. The Labute approximate surface area is 182 Å². The number of benzene rings is 3. The van der Waals surface area contributed by atoms with Gasteiger partial charge in [0.2, 0.25) is 0 Å². The van der Waals surface area contributed by atoms with Crippen LogP contribution in [0.4, 0.5) is 5.69 Å². The number of carbonyl (C=O) groups excluding carboxylic acids is 2. The molecule has 4 rings (SSSR count). The van der Waals surface area contributed by atoms with Gasteiger partial charge < -0.3 is 0 Å². The lowest BCUT2D eigenvalue weighted by molar-refractivity contribution is -0.119. The Morgan fingerprint density at radius 2 is 1.34 bits per heavy atom. The fourth-order valence-electron chi connectivity index (χ4n) is 3.14. The summed E-state index contributed by atoms with van der Waals surface area (Å²) in [6, 6.07) is 23.7. The number of anilines is 1. The zero-order chi connectivity index (χ0) is 20.4. The molecule has 0 bridgehead atoms. The highest BCUT2D eigenvalue weighted by molar-refractivity contribution is 8.03. The van der Waals surface area contributed by atoms with E-state index in [0.29, 0.717) is 37.5 Å². The maximum Gasteiger partial charge on any atom is 0.272 e. The molecule has 0 radical (unpaired) electrons. The number of halogens is 2. The first kappa shape index (κ1) is 19.8. The Morgan fingerprint density at radius 1 is 0.759 bits per heavy atom. The summed E-state index contributed by atoms with van der Waals surface area (Å²) in [6.45, 7) is 0. The zero-order valence-electron chi connectivity index (χ0n) is 15.1. The van der Waals surface area contributed by atoms with Crippen LogP contribution < -0.4 is 4.90 Å². The van der Waals surface area contributed by atoms with Gasteiger partial charge in [-0.2, -0.15) is 0 Å². The Balaban J connectivity index is 1.75. The van der Waals surface area contributed by atoms with E-state index >= 15 is 0 Å². The molecule has 0 aliphatic carbocycles. The van der Waals surface area contributed by atoms with Crippen LogP contribution >= 0.6 is 35.0 Å². The summed E-state index contributed by atoms with van der Waals surface area (Å²) in [7, 11) is 0. The molecule has 0 spiro atoms. The van der Waals surface area contributed by atoms with Gasteiger partial charge >= 0.3 is 0 Å². The number of hydrogen-bond acceptors (Lipinski definition) is 3. The SMILES string of the molecule is O=C1C(SCc2ccccc2)=C(c2ccccc2)C(=O)N1c1cc(Cl)cc(Cl)c1. The molecule has 2 amide bonds. The van der Waals surface area contributed by atoms with Gasteiger partial charge in [0.15, 0.2) is 0 Å². The van der Waals surface area contributed by atoms with Gasteiger partial charge in [-0.05, 0) is 29.3 Å². The molecule has 0 atom stereocenters. The van der Waals surface area contributed by atoms with Crippen LogP contribution in [-0.2, 0) is 15.3 Å². The van der Waals surface area contributed by atoms with Crippen molar-refractivity contribution >= 4 is 58.0 Å². The number of hydrogen-bond donors (Lipinski definition) is 0. The number of nitrogens with zero attached hydrogens (tertiary/aromatic N) is 1. The lowest BCUT2D eigenvalue weighted by Crippen LogP contribution is -2.31. The number of imide groups is 1. The van der Waals surface area contributed by atoms with Crippen LogP contribution in [0.2, 0.25) is 10.0 Å². The highest BCUT2D eigenvalue weighted by Gasteiger charge is 2.40. The first-order chi connectivity index (χ1) is 14.0. The fourth-order valence-corrected chi connectivity index (χ4v) is 4.72. The van der Waals surface area contributed by atoms with Crippen LogP contribution in [-0.4, -0.2) is 11.8 Å². The Hall–Kier alpha value is -2.53. The lowest BCUT2D eigenvalue weighted by atomic mass is 10.1. The molecule has 0 aromatic heterocycles. The Morgan fingerprint density at radius 3 is 1.97 bits per heavy atom. The third-order valence-corrected chi connectivity index (χ3v) is 6.02. The summed E-state index contributed by atoms with van der Waals surface area (Å²) in [6.07, 6.45) is 0. The predicted octanol–water partition coefficient (Wildman–Crippen LogP) is 6.21. The molecule has 0 fully saturated rings. The molecule has 144 valence electrons. The number of rotatable bonds is 5. The van der Waals surface area contributed by atoms with Crippen molar-refractivity contribution in [2.45, 2.75) is 5.75 Å². The molecule has 0 N–H and O–H groups in total. The second-order valence-corrected chi connectivity index (χ2v) is 8.28. The van der Waals surface area contributed by atoms with Crippen molar-refractivity contribution in [3.8, 4) is 0 Å². The lowest BCUT2D eigenvalue weighted by Gasteiger charge is -2.16. The van der Waals surface area contributed by atoms with Gasteiger partial charge in [0.1, 0.15) is 0 Å². The summed E-state index contributed by atoms with van der Waals surface area (Å²) >= 11 is 13.6. The third kappa shape index (κ3) is 4.10. The number of carbonyl (C=O) groups is 2. The van der Waals surface area contributed by atoms with Gasteiger partial charge in [-0.3, -0.25) is 9.59 Å². The van der Waals surface area contributed by atoms with Crippen LogP contribution in [0.25, 0.3) is 5.57 Å². The number of thioether (sulfide) groups is 1. The second kappa shape index (κ2) is 8.46. The predicted molar refractivity (Wildman–Crippen MR) is 120 cm³/mol. The molecule has 3 aromatic rings. The average molecular weight is 440 g/mol. The van der Waals surface area contributed by atoms with Gasteiger partial charge in [0, 0.05) is 15.8 Å². The van der Waals surface area contributed by atoms with E-state index in [0.717, 1.165) is 10.5 Å². The largest absolute Gasteiger partial charge is 0.272 e. The molecule has 1 heterocycles. The molecule has 3 aromatic carbocycles. The average Bonchev–Trinajstić information content (AvgIpc) is 2.96. The topological polar surface area (TPSA) is 37.4 Å².